The van der Waals surface area contributed by atoms with Crippen LogP contribution in [0.5, 0.6) is 11.5 Å². The van der Waals surface area contributed by atoms with Gasteiger partial charge in [-0.2, -0.15) is 0 Å². The molecule has 0 saturated carbocycles. The van der Waals surface area contributed by atoms with E-state index in [1.807, 2.05) is 72.8 Å². The molecule has 24 heavy (non-hydrogen) atoms. The molecule has 121 valence electrons. The molecule has 0 atom stereocenters. The zero-order chi connectivity index (χ0) is 16.9. The zero-order valence-electron chi connectivity index (χ0n) is 13.8. The van der Waals surface area contributed by atoms with E-state index >= 15 is 0 Å². The second kappa shape index (κ2) is 7.09. The Balaban J connectivity index is 2.10. The van der Waals surface area contributed by atoms with Gasteiger partial charge in [-0.25, -0.2) is 0 Å². The lowest BCUT2D eigenvalue weighted by atomic mass is 9.84. The highest BCUT2D eigenvalue weighted by atomic mass is 16.5. The summed E-state index contributed by atoms with van der Waals surface area (Å²) in [6.07, 6.45) is 0. The van der Waals surface area contributed by atoms with E-state index in [9.17, 15) is 0 Å². The summed E-state index contributed by atoms with van der Waals surface area (Å²) in [5, 5.41) is 0. The van der Waals surface area contributed by atoms with Crippen LogP contribution in [0.15, 0.2) is 72.8 Å². The topological polar surface area (TPSA) is 44.5 Å². The molecule has 3 aromatic rings. The van der Waals surface area contributed by atoms with Gasteiger partial charge in [0.15, 0.2) is 0 Å². The molecule has 1 radical (unpaired) electrons. The molecule has 0 aromatic heterocycles. The van der Waals surface area contributed by atoms with Gasteiger partial charge in [-0.15, -0.1) is 0 Å². The smallest absolute Gasteiger partial charge is 0.118 e. The van der Waals surface area contributed by atoms with Crippen molar-refractivity contribution in [2.45, 2.75) is 0 Å². The van der Waals surface area contributed by atoms with Gasteiger partial charge in [0, 0.05) is 5.69 Å². The molecule has 0 unspecified atom stereocenters. The largest absolute Gasteiger partial charge is 0.497 e. The Labute approximate surface area is 142 Å². The Morgan fingerprint density at radius 1 is 0.667 bits per heavy atom. The summed E-state index contributed by atoms with van der Waals surface area (Å²) in [4.78, 5) is 0. The van der Waals surface area contributed by atoms with Crippen LogP contribution in [-0.4, -0.2) is 14.2 Å². The van der Waals surface area contributed by atoms with Crippen LogP contribution in [0.25, 0.3) is 0 Å². The summed E-state index contributed by atoms with van der Waals surface area (Å²) < 4.78 is 10.5. The molecule has 0 aliphatic rings. The molecule has 0 saturated heterocycles. The maximum atomic E-state index is 6.24. The number of anilines is 1. The van der Waals surface area contributed by atoms with Crippen molar-refractivity contribution in [1.29, 1.82) is 0 Å². The number of methoxy groups -OCH3 is 2. The van der Waals surface area contributed by atoms with E-state index in [0.29, 0.717) is 0 Å². The van der Waals surface area contributed by atoms with Crippen LogP contribution in [0.1, 0.15) is 16.7 Å². The summed E-state index contributed by atoms with van der Waals surface area (Å²) >= 11 is 0. The van der Waals surface area contributed by atoms with Crippen molar-refractivity contribution in [1.82, 2.24) is 0 Å². The van der Waals surface area contributed by atoms with Gasteiger partial charge in [0.2, 0.25) is 0 Å². The van der Waals surface area contributed by atoms with E-state index in [1.54, 1.807) is 14.2 Å². The minimum Gasteiger partial charge on any atom is -0.497 e. The van der Waals surface area contributed by atoms with Crippen molar-refractivity contribution in [3.05, 3.63) is 95.4 Å². The summed E-state index contributed by atoms with van der Waals surface area (Å²) in [5.74, 6) is 2.74. The van der Waals surface area contributed by atoms with Crippen molar-refractivity contribution in [2.24, 2.45) is 0 Å². The molecule has 0 spiro atoms. The molecular formula is C21H20NO2. The highest BCUT2D eigenvalue weighted by Gasteiger charge is 2.20. The summed E-state index contributed by atoms with van der Waals surface area (Å²) in [6.45, 7) is 0. The van der Waals surface area contributed by atoms with E-state index in [2.05, 4.69) is 0 Å². The number of hydrogen-bond donors (Lipinski definition) is 1. The van der Waals surface area contributed by atoms with Gasteiger partial charge in [0.25, 0.3) is 0 Å². The lowest BCUT2D eigenvalue weighted by molar-refractivity contribution is 0.414. The lowest BCUT2D eigenvalue weighted by Crippen LogP contribution is -2.07. The molecule has 0 aliphatic heterocycles. The van der Waals surface area contributed by atoms with Gasteiger partial charge in [-0.1, -0.05) is 42.5 Å². The fraction of sp³-hybridized carbons (Fsp3) is 0.0952. The second-order valence-corrected chi connectivity index (χ2v) is 5.42. The third kappa shape index (κ3) is 3.20. The molecule has 0 fully saturated rings. The minimum atomic E-state index is 0.749. The Morgan fingerprint density at radius 3 is 1.54 bits per heavy atom. The molecule has 0 amide bonds. The maximum Gasteiger partial charge on any atom is 0.118 e. The van der Waals surface area contributed by atoms with Crippen molar-refractivity contribution in [3.8, 4) is 11.5 Å². The number of nitrogen functional groups attached to an aromatic ring is 1. The second-order valence-electron chi connectivity index (χ2n) is 5.42. The van der Waals surface area contributed by atoms with E-state index in [-0.39, 0.29) is 0 Å². The van der Waals surface area contributed by atoms with Crippen LogP contribution < -0.4 is 15.2 Å². The molecular weight excluding hydrogens is 298 g/mol. The molecule has 2 N–H and O–H groups in total. The average Bonchev–Trinajstić information content (AvgIpc) is 2.64. The Bertz CT molecular complexity index is 747. The molecule has 3 rings (SSSR count). The highest BCUT2D eigenvalue weighted by Crippen LogP contribution is 2.35. The SMILES string of the molecule is COc1ccc([C](c2ccc(OC)cc2)c2ccccc2N)cc1. The average molecular weight is 318 g/mol. The fourth-order valence-electron chi connectivity index (χ4n) is 2.72. The highest BCUT2D eigenvalue weighted by molar-refractivity contribution is 5.66. The standard InChI is InChI=1S/C21H20NO2/c1-23-17-11-7-15(8-12-17)21(19-5-3-4-6-20(19)22)16-9-13-18(24-2)14-10-16/h3-14H,22H2,1-2H3. The molecule has 0 aliphatic carbocycles. The summed E-state index contributed by atoms with van der Waals surface area (Å²) in [5.41, 5.74) is 10.2. The van der Waals surface area contributed by atoms with Crippen LogP contribution >= 0.6 is 0 Å². The summed E-state index contributed by atoms with van der Waals surface area (Å²) in [6, 6.07) is 23.9. The lowest BCUT2D eigenvalue weighted by Gasteiger charge is -2.20. The molecule has 3 heteroatoms. The number of ether oxygens (including phenoxy) is 2. The number of rotatable bonds is 5. The predicted octanol–water partition coefficient (Wildman–Crippen LogP) is 4.31. The Hall–Kier alpha value is -2.94. The maximum absolute atomic E-state index is 6.24. The zero-order valence-corrected chi connectivity index (χ0v) is 13.8. The van der Waals surface area contributed by atoms with Gasteiger partial charge in [0.1, 0.15) is 11.5 Å². The molecule has 0 heterocycles. The molecule has 0 bridgehead atoms. The Morgan fingerprint density at radius 2 is 1.12 bits per heavy atom. The van der Waals surface area contributed by atoms with Gasteiger partial charge >= 0.3 is 0 Å². The number of nitrogens with two attached hydrogens (primary N) is 1. The third-order valence-corrected chi connectivity index (χ3v) is 3.99. The van der Waals surface area contributed by atoms with Gasteiger partial charge in [-0.05, 0) is 47.0 Å². The minimum absolute atomic E-state index is 0.749. The van der Waals surface area contributed by atoms with Crippen LogP contribution in [0.4, 0.5) is 5.69 Å². The molecule has 3 aromatic carbocycles. The van der Waals surface area contributed by atoms with Crippen molar-refractivity contribution in [2.75, 3.05) is 20.0 Å². The number of hydrogen-bond acceptors (Lipinski definition) is 3. The van der Waals surface area contributed by atoms with E-state index in [4.69, 9.17) is 15.2 Å². The number of benzene rings is 3. The van der Waals surface area contributed by atoms with Gasteiger partial charge in [-0.3, -0.25) is 0 Å². The van der Waals surface area contributed by atoms with E-state index < -0.39 is 0 Å². The normalized spacial score (nSPS) is 10.6. The first-order valence-corrected chi connectivity index (χ1v) is 7.73. The quantitative estimate of drug-likeness (QED) is 0.563. The monoisotopic (exact) mass is 318 g/mol. The molecule has 3 nitrogen and oxygen atoms in total. The van der Waals surface area contributed by atoms with Gasteiger partial charge in [0.05, 0.1) is 20.1 Å². The van der Waals surface area contributed by atoms with Crippen molar-refractivity contribution < 1.29 is 9.47 Å². The Kier molecular flexibility index (Phi) is 4.71. The van der Waals surface area contributed by atoms with Gasteiger partial charge < -0.3 is 15.2 Å². The van der Waals surface area contributed by atoms with Crippen LogP contribution in [0.2, 0.25) is 0 Å². The first-order chi connectivity index (χ1) is 11.7. The number of para-hydroxylation sites is 1. The first-order valence-electron chi connectivity index (χ1n) is 7.73. The van der Waals surface area contributed by atoms with Crippen molar-refractivity contribution >= 4 is 5.69 Å². The van der Waals surface area contributed by atoms with E-state index in [1.165, 1.54) is 0 Å². The van der Waals surface area contributed by atoms with Crippen LogP contribution in [-0.2, 0) is 0 Å². The first kappa shape index (κ1) is 15.9. The van der Waals surface area contributed by atoms with Crippen LogP contribution in [0, 0.1) is 5.92 Å². The van der Waals surface area contributed by atoms with E-state index in [0.717, 1.165) is 39.8 Å². The van der Waals surface area contributed by atoms with Crippen LogP contribution in [0.3, 0.4) is 0 Å². The fourth-order valence-corrected chi connectivity index (χ4v) is 2.72. The predicted molar refractivity (Wildman–Crippen MR) is 97.4 cm³/mol. The third-order valence-electron chi connectivity index (χ3n) is 3.99. The van der Waals surface area contributed by atoms with Crippen molar-refractivity contribution in [3.63, 3.8) is 0 Å². The summed E-state index contributed by atoms with van der Waals surface area (Å²) in [7, 11) is 3.33.